The zero-order valence-electron chi connectivity index (χ0n) is 12.6. The predicted molar refractivity (Wildman–Crippen MR) is 85.8 cm³/mol. The summed E-state index contributed by atoms with van der Waals surface area (Å²) >= 11 is 0. The number of rotatable bonds is 4. The molecule has 1 fully saturated rings. The Morgan fingerprint density at radius 2 is 2.26 bits per heavy atom. The normalized spacial score (nSPS) is 18.0. The summed E-state index contributed by atoms with van der Waals surface area (Å²) in [5.41, 5.74) is 8.28. The van der Waals surface area contributed by atoms with Gasteiger partial charge in [0.05, 0.1) is 12.2 Å². The van der Waals surface area contributed by atoms with Crippen LogP contribution in [0.4, 0.5) is 11.6 Å². The second-order valence-electron chi connectivity index (χ2n) is 5.39. The second-order valence-corrected chi connectivity index (χ2v) is 5.39. The summed E-state index contributed by atoms with van der Waals surface area (Å²) in [5.74, 6) is 0.345. The third-order valence-electron chi connectivity index (χ3n) is 3.82. The minimum atomic E-state index is -0.307. The van der Waals surface area contributed by atoms with E-state index in [1.807, 2.05) is 11.0 Å². The van der Waals surface area contributed by atoms with Gasteiger partial charge in [-0.1, -0.05) is 6.07 Å². The van der Waals surface area contributed by atoms with Crippen LogP contribution in [0.5, 0.6) is 0 Å². The number of ketones is 1. The lowest BCUT2D eigenvalue weighted by Gasteiger charge is -2.33. The Hall–Kier alpha value is -2.51. The van der Waals surface area contributed by atoms with Gasteiger partial charge in [-0.15, -0.1) is 0 Å². The smallest absolute Gasteiger partial charge is 0.215 e. The van der Waals surface area contributed by atoms with E-state index in [9.17, 15) is 9.90 Å². The maximum Gasteiger partial charge on any atom is 0.215 e. The van der Waals surface area contributed by atoms with Crippen molar-refractivity contribution >= 4 is 17.4 Å². The molecule has 1 radical (unpaired) electrons. The highest BCUT2D eigenvalue weighted by Crippen LogP contribution is 2.18. The summed E-state index contributed by atoms with van der Waals surface area (Å²) in [6, 6.07) is 8.50. The van der Waals surface area contributed by atoms with Gasteiger partial charge in [-0.3, -0.25) is 10.5 Å². The molecule has 3 rings (SSSR count). The van der Waals surface area contributed by atoms with Crippen LogP contribution in [0.15, 0.2) is 36.5 Å². The Morgan fingerprint density at radius 3 is 3.04 bits per heavy atom. The molecule has 3 N–H and O–H groups in total. The molecule has 2 aromatic heterocycles. The first-order chi connectivity index (χ1) is 11.2. The quantitative estimate of drug-likeness (QED) is 0.792. The number of aliphatic hydroxyl groups excluding tert-OH is 1. The van der Waals surface area contributed by atoms with Gasteiger partial charge in [0.25, 0.3) is 0 Å². The third kappa shape index (κ3) is 3.30. The van der Waals surface area contributed by atoms with E-state index in [0.29, 0.717) is 18.1 Å². The first-order valence-corrected chi connectivity index (χ1v) is 7.46. The fourth-order valence-electron chi connectivity index (χ4n) is 2.61. The number of nitrogens with one attached hydrogen (secondary N) is 2. The Balaban J connectivity index is 1.85. The number of aromatic nitrogens is 2. The van der Waals surface area contributed by atoms with Crippen molar-refractivity contribution in [2.75, 3.05) is 31.1 Å². The Labute approximate surface area is 134 Å². The number of carbonyl (C=O) groups excluding carboxylic acids is 1. The van der Waals surface area contributed by atoms with E-state index in [0.717, 1.165) is 13.1 Å². The minimum absolute atomic E-state index is 0.00285. The van der Waals surface area contributed by atoms with Gasteiger partial charge in [0, 0.05) is 31.9 Å². The number of piperazine rings is 1. The molecular formula is C16H18N5O2. The Morgan fingerprint density at radius 1 is 1.39 bits per heavy atom. The van der Waals surface area contributed by atoms with E-state index >= 15 is 0 Å². The van der Waals surface area contributed by atoms with E-state index in [-0.39, 0.29) is 29.8 Å². The maximum atomic E-state index is 12.5. The molecule has 1 atom stereocenters. The average molecular weight is 312 g/mol. The highest BCUT2D eigenvalue weighted by Gasteiger charge is 2.21. The molecule has 1 saturated heterocycles. The van der Waals surface area contributed by atoms with E-state index in [4.69, 9.17) is 5.73 Å². The molecule has 0 aliphatic carbocycles. The molecule has 3 heterocycles. The standard InChI is InChI=1S/C16H18N5O2/c17-16-12(3-2-6-19-16)15(23)13-4-1-5-14(20-13)21-8-7-18-11(9-21)10-22/h1-6,11,17-18,22H,7-10H2. The van der Waals surface area contributed by atoms with Gasteiger partial charge in [0.15, 0.2) is 5.82 Å². The van der Waals surface area contributed by atoms with Crippen LogP contribution >= 0.6 is 0 Å². The SMILES string of the molecule is [NH]c1ncccc1C(=O)c1cccc(N2CCNC(CO)C2)n1. The van der Waals surface area contributed by atoms with Gasteiger partial charge in [0.1, 0.15) is 11.5 Å². The van der Waals surface area contributed by atoms with Crippen LogP contribution in [0.3, 0.4) is 0 Å². The summed E-state index contributed by atoms with van der Waals surface area (Å²) in [6.07, 6.45) is 1.48. The van der Waals surface area contributed by atoms with Crippen molar-refractivity contribution in [3.63, 3.8) is 0 Å². The third-order valence-corrected chi connectivity index (χ3v) is 3.82. The summed E-state index contributed by atoms with van der Waals surface area (Å²) in [4.78, 5) is 22.8. The molecule has 0 saturated carbocycles. The Bertz CT molecular complexity index is 706. The van der Waals surface area contributed by atoms with Crippen molar-refractivity contribution in [2.24, 2.45) is 0 Å². The molecule has 1 aliphatic heterocycles. The number of nitrogens with zero attached hydrogens (tertiary/aromatic N) is 3. The first kappa shape index (κ1) is 15.4. The number of hydrogen-bond acceptors (Lipinski definition) is 6. The summed E-state index contributed by atoms with van der Waals surface area (Å²) in [7, 11) is 0. The fraction of sp³-hybridized carbons (Fsp3) is 0.312. The average Bonchev–Trinajstić information content (AvgIpc) is 2.62. The summed E-state index contributed by atoms with van der Waals surface area (Å²) < 4.78 is 0. The second kappa shape index (κ2) is 6.72. The molecule has 0 aromatic carbocycles. The van der Waals surface area contributed by atoms with Crippen molar-refractivity contribution in [1.29, 1.82) is 0 Å². The topological polar surface area (TPSA) is 102 Å². The van der Waals surface area contributed by atoms with Gasteiger partial charge >= 0.3 is 0 Å². The van der Waals surface area contributed by atoms with E-state index < -0.39 is 0 Å². The molecule has 7 nitrogen and oxygen atoms in total. The number of carbonyl (C=O) groups is 1. The fourth-order valence-corrected chi connectivity index (χ4v) is 2.61. The van der Waals surface area contributed by atoms with Gasteiger partial charge in [-0.25, -0.2) is 9.97 Å². The van der Waals surface area contributed by atoms with Crippen LogP contribution in [0.2, 0.25) is 0 Å². The first-order valence-electron chi connectivity index (χ1n) is 7.46. The van der Waals surface area contributed by atoms with Gasteiger partial charge in [-0.2, -0.15) is 0 Å². The summed E-state index contributed by atoms with van der Waals surface area (Å²) in [6.45, 7) is 2.22. The predicted octanol–water partition coefficient (Wildman–Crippen LogP) is 0.392. The van der Waals surface area contributed by atoms with Gasteiger partial charge < -0.3 is 15.3 Å². The number of pyridine rings is 2. The molecule has 0 spiro atoms. The molecule has 0 amide bonds. The highest BCUT2D eigenvalue weighted by atomic mass is 16.3. The molecule has 1 unspecified atom stereocenters. The van der Waals surface area contributed by atoms with Crippen LogP contribution < -0.4 is 16.0 Å². The van der Waals surface area contributed by atoms with Crippen molar-refractivity contribution < 1.29 is 9.90 Å². The van der Waals surface area contributed by atoms with Gasteiger partial charge in [-0.05, 0) is 24.3 Å². The van der Waals surface area contributed by atoms with Crippen molar-refractivity contribution in [3.8, 4) is 0 Å². The van der Waals surface area contributed by atoms with Gasteiger partial charge in [0.2, 0.25) is 5.78 Å². The lowest BCUT2D eigenvalue weighted by atomic mass is 10.1. The highest BCUT2D eigenvalue weighted by molar-refractivity contribution is 6.10. The molecule has 0 bridgehead atoms. The summed E-state index contributed by atoms with van der Waals surface area (Å²) in [5, 5.41) is 12.5. The zero-order chi connectivity index (χ0) is 16.2. The Kier molecular flexibility index (Phi) is 4.50. The monoisotopic (exact) mass is 312 g/mol. The largest absolute Gasteiger partial charge is 0.395 e. The van der Waals surface area contributed by atoms with E-state index in [1.54, 1.807) is 24.3 Å². The molecule has 2 aromatic rings. The molecule has 1 aliphatic rings. The van der Waals surface area contributed by atoms with E-state index in [1.165, 1.54) is 6.20 Å². The van der Waals surface area contributed by atoms with E-state index in [2.05, 4.69) is 15.3 Å². The lowest BCUT2D eigenvalue weighted by molar-refractivity contribution is 0.103. The number of hydrogen-bond donors (Lipinski definition) is 2. The van der Waals surface area contributed by atoms with Crippen molar-refractivity contribution in [1.82, 2.24) is 21.0 Å². The van der Waals surface area contributed by atoms with Crippen LogP contribution in [-0.4, -0.2) is 53.1 Å². The molecule has 7 heteroatoms. The maximum absolute atomic E-state index is 12.5. The van der Waals surface area contributed by atoms with Crippen molar-refractivity contribution in [2.45, 2.75) is 6.04 Å². The molecular weight excluding hydrogens is 294 g/mol. The zero-order valence-corrected chi connectivity index (χ0v) is 12.6. The minimum Gasteiger partial charge on any atom is -0.395 e. The number of aliphatic hydroxyl groups is 1. The van der Waals surface area contributed by atoms with Crippen LogP contribution in [-0.2, 0) is 0 Å². The van der Waals surface area contributed by atoms with Crippen molar-refractivity contribution in [3.05, 3.63) is 47.8 Å². The molecule has 23 heavy (non-hydrogen) atoms. The van der Waals surface area contributed by atoms with Crippen LogP contribution in [0.25, 0.3) is 0 Å². The van der Waals surface area contributed by atoms with Crippen LogP contribution in [0, 0.1) is 0 Å². The molecule has 119 valence electrons. The lowest BCUT2D eigenvalue weighted by Crippen LogP contribution is -2.52. The van der Waals surface area contributed by atoms with Crippen LogP contribution in [0.1, 0.15) is 16.1 Å². The number of anilines is 1.